The lowest BCUT2D eigenvalue weighted by molar-refractivity contribution is 1.47. The Morgan fingerprint density at radius 3 is 1.46 bits per heavy atom. The first-order valence-corrected chi connectivity index (χ1v) is 7.20. The molecule has 0 unspecified atom stereocenters. The van der Waals surface area contributed by atoms with Crippen LogP contribution in [-0.4, -0.2) is 18.8 Å². The Hall–Kier alpha value is -0.0800. The van der Waals surface area contributed by atoms with Gasteiger partial charge in [-0.25, -0.2) is 0 Å². The van der Waals surface area contributed by atoms with E-state index in [2.05, 4.69) is 18.4 Å². The Morgan fingerprint density at radius 1 is 0.846 bits per heavy atom. The minimum absolute atomic E-state index is 1.33. The van der Waals surface area contributed by atoms with Gasteiger partial charge >= 0.3 is 0 Å². The van der Waals surface area contributed by atoms with Gasteiger partial charge in [-0.15, -0.1) is 11.8 Å². The Kier molecular flexibility index (Phi) is 17.1. The average molecular weight is 216 g/mol. The molecule has 0 aliphatic rings. The summed E-state index contributed by atoms with van der Waals surface area (Å²) in [7, 11) is 0. The summed E-state index contributed by atoms with van der Waals surface area (Å²) < 4.78 is 0. The molecule has 0 nitrogen and oxygen atoms in total. The smallest absolute Gasteiger partial charge is 0.00691 e. The van der Waals surface area contributed by atoms with E-state index in [4.69, 9.17) is 0 Å². The SMILES string of the molecule is CC.CSC.CSc1ccccc1. The van der Waals surface area contributed by atoms with Crippen LogP contribution in [0.1, 0.15) is 13.8 Å². The molecule has 1 aromatic rings. The highest BCUT2D eigenvalue weighted by Gasteiger charge is 1.80. The lowest BCUT2D eigenvalue weighted by atomic mass is 10.4. The highest BCUT2D eigenvalue weighted by molar-refractivity contribution is 7.98. The van der Waals surface area contributed by atoms with Gasteiger partial charge in [0.05, 0.1) is 0 Å². The van der Waals surface area contributed by atoms with Gasteiger partial charge in [0, 0.05) is 4.90 Å². The molecule has 0 saturated heterocycles. The van der Waals surface area contributed by atoms with E-state index in [0.29, 0.717) is 0 Å². The van der Waals surface area contributed by atoms with Crippen LogP contribution in [0.3, 0.4) is 0 Å². The van der Waals surface area contributed by atoms with Crippen molar-refractivity contribution in [2.24, 2.45) is 0 Å². The first-order chi connectivity index (χ1) is 6.35. The monoisotopic (exact) mass is 216 g/mol. The van der Waals surface area contributed by atoms with Gasteiger partial charge in [0.25, 0.3) is 0 Å². The van der Waals surface area contributed by atoms with Gasteiger partial charge in [-0.2, -0.15) is 11.8 Å². The molecule has 0 saturated carbocycles. The number of hydrogen-bond acceptors (Lipinski definition) is 2. The summed E-state index contributed by atoms with van der Waals surface area (Å²) in [6.45, 7) is 4.00. The Bertz CT molecular complexity index is 161. The molecule has 0 N–H and O–H groups in total. The van der Waals surface area contributed by atoms with E-state index in [1.54, 1.807) is 23.5 Å². The van der Waals surface area contributed by atoms with Crippen LogP contribution in [0, 0.1) is 0 Å². The first-order valence-electron chi connectivity index (χ1n) is 4.34. The highest BCUT2D eigenvalue weighted by atomic mass is 32.2. The number of rotatable bonds is 1. The fraction of sp³-hybridized carbons (Fsp3) is 0.455. The fourth-order valence-corrected chi connectivity index (χ4v) is 0.986. The highest BCUT2D eigenvalue weighted by Crippen LogP contribution is 2.11. The summed E-state index contributed by atoms with van der Waals surface area (Å²) in [6.07, 6.45) is 6.16. The van der Waals surface area contributed by atoms with Crippen LogP contribution in [0.4, 0.5) is 0 Å². The zero-order chi connectivity index (χ0) is 10.5. The van der Waals surface area contributed by atoms with Gasteiger partial charge in [-0.3, -0.25) is 0 Å². The molecular weight excluding hydrogens is 196 g/mol. The van der Waals surface area contributed by atoms with Crippen LogP contribution >= 0.6 is 23.5 Å². The molecule has 0 fully saturated rings. The second kappa shape index (κ2) is 14.4. The normalized spacial score (nSPS) is 7.46. The molecule has 0 spiro atoms. The van der Waals surface area contributed by atoms with E-state index in [-0.39, 0.29) is 0 Å². The van der Waals surface area contributed by atoms with Gasteiger partial charge in [0.15, 0.2) is 0 Å². The van der Waals surface area contributed by atoms with Crippen molar-refractivity contribution >= 4 is 23.5 Å². The minimum atomic E-state index is 1.33. The van der Waals surface area contributed by atoms with Crippen LogP contribution in [-0.2, 0) is 0 Å². The average Bonchev–Trinajstić information content (AvgIpc) is 2.23. The van der Waals surface area contributed by atoms with Crippen molar-refractivity contribution in [1.82, 2.24) is 0 Å². The lowest BCUT2D eigenvalue weighted by Gasteiger charge is -1.89. The van der Waals surface area contributed by atoms with Crippen molar-refractivity contribution in [2.45, 2.75) is 18.7 Å². The van der Waals surface area contributed by atoms with Crippen molar-refractivity contribution in [1.29, 1.82) is 0 Å². The molecule has 0 aromatic heterocycles. The summed E-state index contributed by atoms with van der Waals surface area (Å²) in [5.74, 6) is 0. The molecule has 0 aliphatic heterocycles. The van der Waals surface area contributed by atoms with Crippen molar-refractivity contribution in [3.05, 3.63) is 30.3 Å². The molecule has 0 atom stereocenters. The molecule has 2 heteroatoms. The number of thioether (sulfide) groups is 2. The molecular formula is C11H20S2. The van der Waals surface area contributed by atoms with Crippen molar-refractivity contribution in [3.8, 4) is 0 Å². The number of hydrogen-bond donors (Lipinski definition) is 0. The molecule has 0 bridgehead atoms. The lowest BCUT2D eigenvalue weighted by Crippen LogP contribution is -1.62. The third kappa shape index (κ3) is 11.9. The van der Waals surface area contributed by atoms with Crippen LogP contribution in [0.15, 0.2) is 35.2 Å². The summed E-state index contributed by atoms with van der Waals surface area (Å²) >= 11 is 3.52. The van der Waals surface area contributed by atoms with E-state index in [0.717, 1.165) is 0 Å². The van der Waals surface area contributed by atoms with E-state index in [9.17, 15) is 0 Å². The second-order valence-electron chi connectivity index (χ2n) is 1.93. The maximum Gasteiger partial charge on any atom is 0.00691 e. The quantitative estimate of drug-likeness (QED) is 0.638. The molecule has 0 aliphatic carbocycles. The summed E-state index contributed by atoms with van der Waals surface area (Å²) in [6, 6.07) is 10.3. The topological polar surface area (TPSA) is 0 Å². The predicted octanol–water partition coefficient (Wildman–Crippen LogP) is 4.41. The van der Waals surface area contributed by atoms with Crippen LogP contribution < -0.4 is 0 Å². The van der Waals surface area contributed by atoms with E-state index in [1.165, 1.54) is 4.90 Å². The molecule has 0 radical (unpaired) electrons. The standard InChI is InChI=1S/C7H8S.C2H6S.C2H6/c1-8-7-5-3-2-4-6-7;1-3-2;1-2/h2-6H,1H3;1-2H3;1-2H3. The zero-order valence-corrected chi connectivity index (χ0v) is 10.8. The predicted molar refractivity (Wildman–Crippen MR) is 69.0 cm³/mol. The Balaban J connectivity index is 0. The summed E-state index contributed by atoms with van der Waals surface area (Å²) in [5.41, 5.74) is 0. The van der Waals surface area contributed by atoms with Crippen molar-refractivity contribution in [3.63, 3.8) is 0 Å². The van der Waals surface area contributed by atoms with Gasteiger partial charge in [0.1, 0.15) is 0 Å². The van der Waals surface area contributed by atoms with Crippen LogP contribution in [0.5, 0.6) is 0 Å². The van der Waals surface area contributed by atoms with Gasteiger partial charge in [-0.05, 0) is 30.9 Å². The summed E-state index contributed by atoms with van der Waals surface area (Å²) in [4.78, 5) is 1.33. The molecule has 1 rings (SSSR count). The zero-order valence-electron chi connectivity index (χ0n) is 9.20. The molecule has 13 heavy (non-hydrogen) atoms. The van der Waals surface area contributed by atoms with Crippen LogP contribution in [0.25, 0.3) is 0 Å². The van der Waals surface area contributed by atoms with E-state index < -0.39 is 0 Å². The minimum Gasteiger partial charge on any atom is -0.169 e. The molecule has 76 valence electrons. The molecule has 0 amide bonds. The van der Waals surface area contributed by atoms with Crippen molar-refractivity contribution in [2.75, 3.05) is 18.8 Å². The van der Waals surface area contributed by atoms with E-state index in [1.807, 2.05) is 44.6 Å². The van der Waals surface area contributed by atoms with Gasteiger partial charge < -0.3 is 0 Å². The molecule has 1 aromatic carbocycles. The van der Waals surface area contributed by atoms with Gasteiger partial charge in [-0.1, -0.05) is 32.0 Å². The maximum absolute atomic E-state index is 2.10. The third-order valence-corrected chi connectivity index (χ3v) is 1.72. The second-order valence-corrected chi connectivity index (χ2v) is 3.62. The van der Waals surface area contributed by atoms with Crippen molar-refractivity contribution < 1.29 is 0 Å². The van der Waals surface area contributed by atoms with E-state index >= 15 is 0 Å². The number of benzene rings is 1. The Morgan fingerprint density at radius 2 is 1.23 bits per heavy atom. The fourth-order valence-electron chi connectivity index (χ4n) is 0.557. The summed E-state index contributed by atoms with van der Waals surface area (Å²) in [5, 5.41) is 0. The third-order valence-electron chi connectivity index (χ3n) is 0.979. The maximum atomic E-state index is 2.10. The first kappa shape index (κ1) is 15.4. The largest absolute Gasteiger partial charge is 0.169 e. The van der Waals surface area contributed by atoms with Gasteiger partial charge in [0.2, 0.25) is 0 Å². The van der Waals surface area contributed by atoms with Crippen LogP contribution in [0.2, 0.25) is 0 Å². The Labute approximate surface area is 91.5 Å². The molecule has 0 heterocycles.